The molecule has 4 rings (SSSR count). The Labute approximate surface area is 180 Å². The topological polar surface area (TPSA) is 80.0 Å². The third kappa shape index (κ3) is 3.50. The number of carbonyl (C=O) groups excluding carboxylic acids is 2. The quantitative estimate of drug-likeness (QED) is 0.373. The molecule has 1 aliphatic rings. The van der Waals surface area contributed by atoms with Crippen LogP contribution in [0.5, 0.6) is 5.75 Å². The van der Waals surface area contributed by atoms with E-state index in [-0.39, 0.29) is 11.3 Å². The van der Waals surface area contributed by atoms with Gasteiger partial charge in [0.1, 0.15) is 29.1 Å². The lowest BCUT2D eigenvalue weighted by Gasteiger charge is -2.24. The van der Waals surface area contributed by atoms with E-state index in [1.165, 1.54) is 12.0 Å². The highest BCUT2D eigenvalue weighted by Crippen LogP contribution is 2.44. The number of anilines is 1. The molecule has 31 heavy (non-hydrogen) atoms. The monoisotopic (exact) mass is 417 g/mol. The summed E-state index contributed by atoms with van der Waals surface area (Å²) in [6.07, 6.45) is 0. The normalized spacial score (nSPS) is 17.9. The van der Waals surface area contributed by atoms with E-state index in [1.54, 1.807) is 43.3 Å². The Bertz CT molecular complexity index is 1200. The number of ether oxygens (including phenoxy) is 1. The highest BCUT2D eigenvalue weighted by Gasteiger charge is 2.48. The summed E-state index contributed by atoms with van der Waals surface area (Å²) in [5.74, 6) is -0.374. The van der Waals surface area contributed by atoms with Crippen LogP contribution in [-0.4, -0.2) is 23.9 Å². The van der Waals surface area contributed by atoms with Crippen LogP contribution in [0, 0.1) is 20.8 Å². The molecule has 1 atom stereocenters. The maximum atomic E-state index is 13.2. The van der Waals surface area contributed by atoms with Crippen LogP contribution in [0.25, 0.3) is 5.76 Å². The summed E-state index contributed by atoms with van der Waals surface area (Å²) < 4.78 is 11.2. The van der Waals surface area contributed by atoms with E-state index in [1.807, 2.05) is 32.0 Å². The van der Waals surface area contributed by atoms with Crippen molar-refractivity contribution in [1.29, 1.82) is 0 Å². The molecule has 0 bridgehead atoms. The van der Waals surface area contributed by atoms with Gasteiger partial charge >= 0.3 is 0 Å². The zero-order chi connectivity index (χ0) is 22.3. The number of methoxy groups -OCH3 is 1. The van der Waals surface area contributed by atoms with E-state index in [0.717, 1.165) is 11.1 Å². The molecule has 158 valence electrons. The van der Waals surface area contributed by atoms with Gasteiger partial charge in [0, 0.05) is 5.69 Å². The molecule has 0 radical (unpaired) electrons. The molecule has 2 heterocycles. The third-order valence-electron chi connectivity index (χ3n) is 5.32. The summed E-state index contributed by atoms with van der Waals surface area (Å²) in [6.45, 7) is 5.63. The average molecular weight is 417 g/mol. The first-order valence-corrected chi connectivity index (χ1v) is 9.91. The standard InChI is InChI=1S/C25H23NO5/c1-14-11-15(2)13-17(12-14)26-22(20-10-9-16(3)31-20)21(24(28)25(26)29)23(27)18-7-5-6-8-19(18)30-4/h5-13,22,27H,1-4H3/b23-21-. The van der Waals surface area contributed by atoms with Crippen LogP contribution in [0.4, 0.5) is 5.69 Å². The predicted octanol–water partition coefficient (Wildman–Crippen LogP) is 4.84. The van der Waals surface area contributed by atoms with E-state index in [0.29, 0.717) is 28.5 Å². The Morgan fingerprint density at radius 3 is 2.29 bits per heavy atom. The maximum Gasteiger partial charge on any atom is 0.300 e. The molecule has 1 amide bonds. The Kier molecular flexibility index (Phi) is 5.15. The number of para-hydroxylation sites is 1. The van der Waals surface area contributed by atoms with Crippen LogP contribution in [0.2, 0.25) is 0 Å². The lowest BCUT2D eigenvalue weighted by atomic mass is 9.98. The molecule has 1 unspecified atom stereocenters. The van der Waals surface area contributed by atoms with Crippen molar-refractivity contribution in [3.8, 4) is 5.75 Å². The maximum absolute atomic E-state index is 13.2. The highest BCUT2D eigenvalue weighted by molar-refractivity contribution is 6.51. The SMILES string of the molecule is COc1ccccc1/C(O)=C1/C(=O)C(=O)N(c2cc(C)cc(C)c2)C1c1ccc(C)o1. The van der Waals surface area contributed by atoms with Gasteiger partial charge in [0.2, 0.25) is 0 Å². The molecular weight excluding hydrogens is 394 g/mol. The van der Waals surface area contributed by atoms with Crippen LogP contribution in [0.15, 0.2) is 64.6 Å². The Hall–Kier alpha value is -3.80. The lowest BCUT2D eigenvalue weighted by molar-refractivity contribution is -0.132. The van der Waals surface area contributed by atoms with E-state index in [2.05, 4.69) is 0 Å². The largest absolute Gasteiger partial charge is 0.507 e. The molecule has 6 heteroatoms. The van der Waals surface area contributed by atoms with Gasteiger partial charge in [0.25, 0.3) is 11.7 Å². The van der Waals surface area contributed by atoms with Crippen molar-refractivity contribution in [2.75, 3.05) is 12.0 Å². The second kappa shape index (κ2) is 7.80. The van der Waals surface area contributed by atoms with Crippen molar-refractivity contribution in [2.24, 2.45) is 0 Å². The van der Waals surface area contributed by atoms with Gasteiger partial charge in [0.15, 0.2) is 0 Å². The summed E-state index contributed by atoms with van der Waals surface area (Å²) in [7, 11) is 1.48. The molecule has 0 spiro atoms. The van der Waals surface area contributed by atoms with Gasteiger partial charge in [-0.3, -0.25) is 14.5 Å². The summed E-state index contributed by atoms with van der Waals surface area (Å²) in [5, 5.41) is 11.2. The van der Waals surface area contributed by atoms with Gasteiger partial charge < -0.3 is 14.3 Å². The van der Waals surface area contributed by atoms with Gasteiger partial charge in [-0.1, -0.05) is 18.2 Å². The first-order chi connectivity index (χ1) is 14.8. The molecule has 3 aromatic rings. The molecule has 2 aromatic carbocycles. The number of furan rings is 1. The Balaban J connectivity index is 1.98. The second-order valence-corrected chi connectivity index (χ2v) is 7.66. The second-order valence-electron chi connectivity index (χ2n) is 7.66. The number of ketones is 1. The zero-order valence-electron chi connectivity index (χ0n) is 17.8. The number of rotatable bonds is 4. The van der Waals surface area contributed by atoms with Crippen molar-refractivity contribution in [1.82, 2.24) is 0 Å². The van der Waals surface area contributed by atoms with Gasteiger partial charge in [-0.15, -0.1) is 0 Å². The molecule has 6 nitrogen and oxygen atoms in total. The average Bonchev–Trinajstić information content (AvgIpc) is 3.28. The van der Waals surface area contributed by atoms with Crippen molar-refractivity contribution in [3.63, 3.8) is 0 Å². The molecule has 1 saturated heterocycles. The first-order valence-electron chi connectivity index (χ1n) is 9.91. The van der Waals surface area contributed by atoms with Crippen molar-refractivity contribution >= 4 is 23.1 Å². The minimum Gasteiger partial charge on any atom is -0.507 e. The number of aryl methyl sites for hydroxylation is 3. The smallest absolute Gasteiger partial charge is 0.300 e. The lowest BCUT2D eigenvalue weighted by Crippen LogP contribution is -2.29. The van der Waals surface area contributed by atoms with Gasteiger partial charge in [-0.25, -0.2) is 0 Å². The molecule has 1 fully saturated rings. The molecule has 1 aromatic heterocycles. The van der Waals surface area contributed by atoms with E-state index in [4.69, 9.17) is 9.15 Å². The number of hydrogen-bond acceptors (Lipinski definition) is 5. The third-order valence-corrected chi connectivity index (χ3v) is 5.32. The Morgan fingerprint density at radius 2 is 1.68 bits per heavy atom. The number of hydrogen-bond donors (Lipinski definition) is 1. The van der Waals surface area contributed by atoms with E-state index in [9.17, 15) is 14.7 Å². The van der Waals surface area contributed by atoms with Crippen LogP contribution < -0.4 is 9.64 Å². The highest BCUT2D eigenvalue weighted by atomic mass is 16.5. The summed E-state index contributed by atoms with van der Waals surface area (Å²) in [6, 6.07) is 15.1. The molecule has 1 N–H and O–H groups in total. The van der Waals surface area contributed by atoms with Crippen molar-refractivity contribution in [2.45, 2.75) is 26.8 Å². The van der Waals surface area contributed by atoms with E-state index < -0.39 is 17.7 Å². The minimum absolute atomic E-state index is 0.0389. The number of nitrogens with zero attached hydrogens (tertiary/aromatic N) is 1. The zero-order valence-corrected chi connectivity index (χ0v) is 17.8. The van der Waals surface area contributed by atoms with Crippen LogP contribution >= 0.6 is 0 Å². The fraction of sp³-hybridized carbons (Fsp3) is 0.200. The Morgan fingerprint density at radius 1 is 1.00 bits per heavy atom. The summed E-state index contributed by atoms with van der Waals surface area (Å²) in [4.78, 5) is 27.7. The van der Waals surface area contributed by atoms with Crippen molar-refractivity contribution < 1.29 is 23.8 Å². The number of aliphatic hydroxyl groups is 1. The summed E-state index contributed by atoms with van der Waals surface area (Å²) in [5.41, 5.74) is 2.77. The summed E-state index contributed by atoms with van der Waals surface area (Å²) >= 11 is 0. The van der Waals surface area contributed by atoms with Crippen molar-refractivity contribution in [3.05, 3.63) is 88.4 Å². The fourth-order valence-corrected chi connectivity index (χ4v) is 4.04. The number of aliphatic hydroxyl groups excluding tert-OH is 1. The molecule has 1 aliphatic heterocycles. The van der Waals surface area contributed by atoms with Gasteiger partial charge in [0.05, 0.1) is 18.2 Å². The minimum atomic E-state index is -0.903. The number of carbonyl (C=O) groups is 2. The van der Waals surface area contributed by atoms with Crippen LogP contribution in [0.3, 0.4) is 0 Å². The van der Waals surface area contributed by atoms with Gasteiger partial charge in [-0.2, -0.15) is 0 Å². The van der Waals surface area contributed by atoms with Gasteiger partial charge in [-0.05, 0) is 68.3 Å². The molecule has 0 aliphatic carbocycles. The van der Waals surface area contributed by atoms with E-state index >= 15 is 0 Å². The molecule has 0 saturated carbocycles. The first kappa shape index (κ1) is 20.5. The fourth-order valence-electron chi connectivity index (χ4n) is 4.04. The number of Topliss-reactive ketones (excluding diaryl/α,β-unsaturated/α-hetero) is 1. The van der Waals surface area contributed by atoms with Crippen LogP contribution in [-0.2, 0) is 9.59 Å². The van der Waals surface area contributed by atoms with Crippen LogP contribution in [0.1, 0.15) is 34.3 Å². The molecular formula is C25H23NO5. The number of benzene rings is 2. The predicted molar refractivity (Wildman–Crippen MR) is 117 cm³/mol. The number of amides is 1.